The lowest BCUT2D eigenvalue weighted by Crippen LogP contribution is -2.30. The summed E-state index contributed by atoms with van der Waals surface area (Å²) < 4.78 is 16.3. The van der Waals surface area contributed by atoms with Gasteiger partial charge in [-0.2, -0.15) is 0 Å². The Hall–Kier alpha value is -4.33. The number of benzene rings is 2. The van der Waals surface area contributed by atoms with Crippen molar-refractivity contribution in [3.63, 3.8) is 0 Å². The Morgan fingerprint density at radius 1 is 1.03 bits per heavy atom. The maximum absolute atomic E-state index is 12.1. The molecule has 0 spiro atoms. The van der Waals surface area contributed by atoms with Gasteiger partial charge in [-0.1, -0.05) is 30.3 Å². The molecule has 0 unspecified atom stereocenters. The molecule has 2 heterocycles. The van der Waals surface area contributed by atoms with Crippen LogP contribution in [0, 0.1) is 0 Å². The van der Waals surface area contributed by atoms with Crippen molar-refractivity contribution in [3.05, 3.63) is 90.4 Å². The predicted molar refractivity (Wildman–Crippen MR) is 124 cm³/mol. The number of carbonyl (C=O) groups is 1. The molecule has 2 aromatic carbocycles. The van der Waals surface area contributed by atoms with E-state index in [-0.39, 0.29) is 6.03 Å². The summed E-state index contributed by atoms with van der Waals surface area (Å²) in [7, 11) is 1.62. The van der Waals surface area contributed by atoms with E-state index in [1.54, 1.807) is 31.7 Å². The number of nitrogens with one attached hydrogen (secondary N) is 2. The number of amides is 2. The second-order valence-electron chi connectivity index (χ2n) is 7.16. The second kappa shape index (κ2) is 10.8. The van der Waals surface area contributed by atoms with Gasteiger partial charge in [-0.25, -0.2) is 14.8 Å². The van der Waals surface area contributed by atoms with Crippen molar-refractivity contribution in [1.29, 1.82) is 0 Å². The molecule has 4 aromatic rings. The van der Waals surface area contributed by atoms with Gasteiger partial charge >= 0.3 is 6.03 Å². The molecule has 33 heavy (non-hydrogen) atoms. The first-order chi connectivity index (χ1) is 16.2. The normalized spacial score (nSPS) is 10.5. The van der Waals surface area contributed by atoms with Gasteiger partial charge in [0.1, 0.15) is 18.6 Å². The van der Waals surface area contributed by atoms with E-state index in [4.69, 9.17) is 13.9 Å². The number of hydrogen-bond acceptors (Lipinski definition) is 6. The van der Waals surface area contributed by atoms with Crippen molar-refractivity contribution in [2.45, 2.75) is 13.0 Å². The highest BCUT2D eigenvalue weighted by Crippen LogP contribution is 2.21. The number of ether oxygens (including phenoxy) is 2. The van der Waals surface area contributed by atoms with Crippen LogP contribution in [0.15, 0.2) is 83.6 Å². The fourth-order valence-corrected chi connectivity index (χ4v) is 3.04. The highest BCUT2D eigenvalue weighted by molar-refractivity contribution is 5.89. The Kier molecular flexibility index (Phi) is 7.17. The van der Waals surface area contributed by atoms with E-state index >= 15 is 0 Å². The fraction of sp³-hybridized carbons (Fsp3) is 0.160. The lowest BCUT2D eigenvalue weighted by molar-refractivity contribution is 0.252. The first kappa shape index (κ1) is 21.9. The average molecular weight is 444 g/mol. The summed E-state index contributed by atoms with van der Waals surface area (Å²) in [6, 6.07) is 20.4. The highest BCUT2D eigenvalue weighted by Gasteiger charge is 2.08. The van der Waals surface area contributed by atoms with Crippen LogP contribution in [0.1, 0.15) is 11.3 Å². The Labute approximate surface area is 191 Å². The lowest BCUT2D eigenvalue weighted by Gasteiger charge is -2.08. The van der Waals surface area contributed by atoms with Crippen LogP contribution in [0.3, 0.4) is 0 Å². The standard InChI is InChI=1S/C25H24N4O4/c1-31-22-10-7-19(8-11-22)24-28-21(17-33-24)13-14-26-25(30)29-20-9-12-23(27-15-20)32-16-18-5-3-2-4-6-18/h2-12,15,17H,13-14,16H2,1H3,(H2,26,29,30). The number of anilines is 1. The first-order valence-corrected chi connectivity index (χ1v) is 10.5. The number of hydrogen-bond donors (Lipinski definition) is 2. The topological polar surface area (TPSA) is 98.5 Å². The maximum Gasteiger partial charge on any atom is 0.319 e. The van der Waals surface area contributed by atoms with Gasteiger partial charge in [-0.05, 0) is 35.9 Å². The summed E-state index contributed by atoms with van der Waals surface area (Å²) in [6.45, 7) is 0.843. The number of aromatic nitrogens is 2. The molecule has 0 saturated heterocycles. The number of carbonyl (C=O) groups excluding carboxylic acids is 1. The van der Waals surface area contributed by atoms with Gasteiger partial charge < -0.3 is 24.5 Å². The van der Waals surface area contributed by atoms with Crippen LogP contribution < -0.4 is 20.1 Å². The molecule has 0 atom stereocenters. The van der Waals surface area contributed by atoms with E-state index in [0.29, 0.717) is 37.0 Å². The Morgan fingerprint density at radius 2 is 1.85 bits per heavy atom. The first-order valence-electron chi connectivity index (χ1n) is 10.5. The molecular weight excluding hydrogens is 420 g/mol. The molecule has 0 bridgehead atoms. The summed E-state index contributed by atoms with van der Waals surface area (Å²) in [5, 5.41) is 5.54. The van der Waals surface area contributed by atoms with E-state index in [1.165, 1.54) is 0 Å². The highest BCUT2D eigenvalue weighted by atomic mass is 16.5. The SMILES string of the molecule is COc1ccc(-c2nc(CCNC(=O)Nc3ccc(OCc4ccccc4)nc3)co2)cc1. The Balaban J connectivity index is 1.20. The van der Waals surface area contributed by atoms with Crippen molar-refractivity contribution in [3.8, 4) is 23.1 Å². The number of methoxy groups -OCH3 is 1. The van der Waals surface area contributed by atoms with Gasteiger partial charge in [0.25, 0.3) is 0 Å². The van der Waals surface area contributed by atoms with E-state index < -0.39 is 0 Å². The molecule has 0 radical (unpaired) electrons. The minimum atomic E-state index is -0.325. The zero-order valence-electron chi connectivity index (χ0n) is 18.2. The maximum atomic E-state index is 12.1. The zero-order valence-corrected chi connectivity index (χ0v) is 18.2. The molecule has 2 N–H and O–H groups in total. The van der Waals surface area contributed by atoms with Gasteiger partial charge in [0.15, 0.2) is 0 Å². The van der Waals surface area contributed by atoms with Crippen LogP contribution in [0.4, 0.5) is 10.5 Å². The monoisotopic (exact) mass is 444 g/mol. The van der Waals surface area contributed by atoms with Gasteiger partial charge in [0.2, 0.25) is 11.8 Å². The third-order valence-electron chi connectivity index (χ3n) is 4.78. The summed E-state index contributed by atoms with van der Waals surface area (Å²) in [5.41, 5.74) is 3.24. The molecule has 0 aliphatic rings. The molecule has 2 aromatic heterocycles. The zero-order chi connectivity index (χ0) is 22.9. The summed E-state index contributed by atoms with van der Waals surface area (Å²) in [4.78, 5) is 20.8. The molecule has 8 heteroatoms. The van der Waals surface area contributed by atoms with Crippen LogP contribution >= 0.6 is 0 Å². The smallest absolute Gasteiger partial charge is 0.319 e. The number of pyridine rings is 1. The number of urea groups is 1. The summed E-state index contributed by atoms with van der Waals surface area (Å²) in [5.74, 6) is 1.78. The molecule has 0 fully saturated rings. The minimum Gasteiger partial charge on any atom is -0.497 e. The van der Waals surface area contributed by atoms with Crippen LogP contribution in [-0.2, 0) is 13.0 Å². The van der Waals surface area contributed by atoms with E-state index in [2.05, 4.69) is 20.6 Å². The van der Waals surface area contributed by atoms with E-state index in [9.17, 15) is 4.79 Å². The van der Waals surface area contributed by atoms with Crippen LogP contribution in [0.2, 0.25) is 0 Å². The molecule has 8 nitrogen and oxygen atoms in total. The van der Waals surface area contributed by atoms with Crippen LogP contribution in [0.25, 0.3) is 11.5 Å². The van der Waals surface area contributed by atoms with Crippen LogP contribution in [-0.4, -0.2) is 29.7 Å². The average Bonchev–Trinajstić information content (AvgIpc) is 3.33. The summed E-state index contributed by atoms with van der Waals surface area (Å²) in [6.07, 6.45) is 3.69. The minimum absolute atomic E-state index is 0.325. The fourth-order valence-electron chi connectivity index (χ4n) is 3.04. The number of nitrogens with zero attached hydrogens (tertiary/aromatic N) is 2. The van der Waals surface area contributed by atoms with Crippen molar-refractivity contribution >= 4 is 11.7 Å². The van der Waals surface area contributed by atoms with Gasteiger partial charge in [0.05, 0.1) is 24.7 Å². The largest absolute Gasteiger partial charge is 0.497 e. The van der Waals surface area contributed by atoms with Crippen molar-refractivity contribution in [2.24, 2.45) is 0 Å². The molecule has 4 rings (SSSR count). The molecule has 168 valence electrons. The third kappa shape index (κ3) is 6.33. The number of rotatable bonds is 9. The van der Waals surface area contributed by atoms with Crippen LogP contribution in [0.5, 0.6) is 11.6 Å². The molecule has 2 amide bonds. The molecular formula is C25H24N4O4. The molecule has 0 aliphatic heterocycles. The van der Waals surface area contributed by atoms with Gasteiger partial charge in [-0.3, -0.25) is 0 Å². The molecule has 0 saturated carbocycles. The third-order valence-corrected chi connectivity index (χ3v) is 4.78. The van der Waals surface area contributed by atoms with E-state index in [1.807, 2.05) is 54.6 Å². The lowest BCUT2D eigenvalue weighted by atomic mass is 10.2. The van der Waals surface area contributed by atoms with Crippen molar-refractivity contribution in [2.75, 3.05) is 19.0 Å². The van der Waals surface area contributed by atoms with Gasteiger partial charge in [-0.15, -0.1) is 0 Å². The second-order valence-corrected chi connectivity index (χ2v) is 7.16. The van der Waals surface area contributed by atoms with E-state index in [0.717, 1.165) is 22.6 Å². The predicted octanol–water partition coefficient (Wildman–Crippen LogP) is 4.69. The Bertz CT molecular complexity index is 1160. The quantitative estimate of drug-likeness (QED) is 0.389. The van der Waals surface area contributed by atoms with Gasteiger partial charge in [0, 0.05) is 24.6 Å². The summed E-state index contributed by atoms with van der Waals surface area (Å²) >= 11 is 0. The number of oxazole rings is 1. The van der Waals surface area contributed by atoms with Crippen molar-refractivity contribution < 1.29 is 18.7 Å². The van der Waals surface area contributed by atoms with Crippen molar-refractivity contribution in [1.82, 2.24) is 15.3 Å². The Morgan fingerprint density at radius 3 is 2.58 bits per heavy atom. The molecule has 0 aliphatic carbocycles.